The molecule has 10 heavy (non-hydrogen) atoms. The summed E-state index contributed by atoms with van der Waals surface area (Å²) in [6.07, 6.45) is 3.34. The molecule has 0 aromatic carbocycles. The molecular formula is C10H12. The fraction of sp³-hybridized carbons (Fsp3) is 0.400. The molecule has 0 saturated heterocycles. The van der Waals surface area contributed by atoms with Crippen LogP contribution in [0.2, 0.25) is 0 Å². The highest BCUT2D eigenvalue weighted by atomic mass is 14.4. The van der Waals surface area contributed by atoms with Gasteiger partial charge in [-0.25, -0.2) is 0 Å². The van der Waals surface area contributed by atoms with Crippen molar-refractivity contribution in [2.45, 2.75) is 13.3 Å². The van der Waals surface area contributed by atoms with Crippen molar-refractivity contribution in [2.75, 3.05) is 0 Å². The molecule has 3 aliphatic rings. The number of hydrogen-bond donors (Lipinski definition) is 0. The van der Waals surface area contributed by atoms with E-state index < -0.39 is 0 Å². The van der Waals surface area contributed by atoms with E-state index in [1.165, 1.54) is 16.7 Å². The van der Waals surface area contributed by atoms with E-state index in [4.69, 9.17) is 0 Å². The van der Waals surface area contributed by atoms with Gasteiger partial charge in [-0.2, -0.15) is 0 Å². The van der Waals surface area contributed by atoms with E-state index in [-0.39, 0.29) is 0 Å². The van der Waals surface area contributed by atoms with E-state index in [0.29, 0.717) is 0 Å². The topological polar surface area (TPSA) is 0 Å². The maximum absolute atomic E-state index is 4.02. The van der Waals surface area contributed by atoms with Crippen molar-refractivity contribution in [1.82, 2.24) is 0 Å². The summed E-state index contributed by atoms with van der Waals surface area (Å²) >= 11 is 0. The summed E-state index contributed by atoms with van der Waals surface area (Å²) in [5.41, 5.74) is 4.09. The van der Waals surface area contributed by atoms with Crippen molar-refractivity contribution in [3.8, 4) is 0 Å². The number of hydrogen-bond acceptors (Lipinski definition) is 0. The highest BCUT2D eigenvalue weighted by molar-refractivity contribution is 5.52. The monoisotopic (exact) mass is 132 g/mol. The smallest absolute Gasteiger partial charge is 0.00584 e. The number of fused-ring (bicyclic) bond motifs is 2. The fourth-order valence-corrected chi connectivity index (χ4v) is 2.01. The van der Waals surface area contributed by atoms with Gasteiger partial charge in [-0.1, -0.05) is 31.7 Å². The molecule has 0 amide bonds. The molecule has 0 N–H and O–H groups in total. The van der Waals surface area contributed by atoms with Gasteiger partial charge in [-0.15, -0.1) is 0 Å². The lowest BCUT2D eigenvalue weighted by molar-refractivity contribution is 0.378. The van der Waals surface area contributed by atoms with E-state index in [2.05, 4.69) is 26.2 Å². The minimum Gasteiger partial charge on any atom is -0.0958 e. The van der Waals surface area contributed by atoms with Crippen LogP contribution in [0.1, 0.15) is 13.3 Å². The normalized spacial score (nSPS) is 37.1. The molecule has 0 radical (unpaired) electrons. The molecular weight excluding hydrogens is 120 g/mol. The second kappa shape index (κ2) is 1.63. The van der Waals surface area contributed by atoms with Crippen LogP contribution in [0.3, 0.4) is 0 Å². The van der Waals surface area contributed by atoms with E-state index in [1.807, 2.05) is 0 Å². The van der Waals surface area contributed by atoms with Crippen molar-refractivity contribution in [1.29, 1.82) is 0 Å². The Morgan fingerprint density at radius 3 is 2.50 bits per heavy atom. The molecule has 3 aliphatic carbocycles. The quantitative estimate of drug-likeness (QED) is 0.475. The number of allylic oxidation sites excluding steroid dienone is 4. The predicted octanol–water partition coefficient (Wildman–Crippen LogP) is 2.69. The summed E-state index contributed by atoms with van der Waals surface area (Å²) in [5.74, 6) is 1.49. The summed E-state index contributed by atoms with van der Waals surface area (Å²) in [6, 6.07) is 0. The molecule has 1 saturated carbocycles. The Morgan fingerprint density at radius 2 is 2.20 bits per heavy atom. The van der Waals surface area contributed by atoms with Crippen LogP contribution >= 0.6 is 0 Å². The molecule has 1 fully saturated rings. The Labute approximate surface area is 61.9 Å². The second-order valence-corrected chi connectivity index (χ2v) is 3.38. The molecule has 0 aliphatic heterocycles. The Morgan fingerprint density at radius 1 is 1.50 bits per heavy atom. The van der Waals surface area contributed by atoms with Gasteiger partial charge in [0.2, 0.25) is 0 Å². The zero-order chi connectivity index (χ0) is 7.30. The SMILES string of the molecule is C=C1C=C2C(=C)C(C1)C2C. The van der Waals surface area contributed by atoms with Crippen molar-refractivity contribution >= 4 is 0 Å². The van der Waals surface area contributed by atoms with E-state index in [0.717, 1.165) is 18.3 Å². The van der Waals surface area contributed by atoms with Gasteiger partial charge in [0.05, 0.1) is 0 Å². The average Bonchev–Trinajstić information content (AvgIpc) is 1.94. The van der Waals surface area contributed by atoms with Crippen LogP contribution in [-0.2, 0) is 0 Å². The lowest BCUT2D eigenvalue weighted by atomic mass is 9.60. The third-order valence-electron chi connectivity index (χ3n) is 2.75. The van der Waals surface area contributed by atoms with Gasteiger partial charge in [0.25, 0.3) is 0 Å². The molecule has 2 atom stereocenters. The summed E-state index contributed by atoms with van der Waals surface area (Å²) in [6.45, 7) is 10.2. The predicted molar refractivity (Wildman–Crippen MR) is 43.6 cm³/mol. The largest absolute Gasteiger partial charge is 0.0958 e. The lowest BCUT2D eigenvalue weighted by Gasteiger charge is -2.44. The first-order valence-corrected chi connectivity index (χ1v) is 3.78. The van der Waals surface area contributed by atoms with Gasteiger partial charge in [0.15, 0.2) is 0 Å². The first-order chi connectivity index (χ1) is 4.70. The summed E-state index contributed by atoms with van der Waals surface area (Å²) in [5, 5.41) is 0. The zero-order valence-corrected chi connectivity index (χ0v) is 6.35. The van der Waals surface area contributed by atoms with Crippen LogP contribution < -0.4 is 0 Å². The molecule has 52 valence electrons. The van der Waals surface area contributed by atoms with Gasteiger partial charge in [0, 0.05) is 0 Å². The molecule has 0 heteroatoms. The molecule has 0 spiro atoms. The summed E-state index contributed by atoms with van der Waals surface area (Å²) in [4.78, 5) is 0. The molecule has 3 rings (SSSR count). The maximum atomic E-state index is 4.02. The first kappa shape index (κ1) is 5.96. The van der Waals surface area contributed by atoms with Gasteiger partial charge in [0.1, 0.15) is 0 Å². The standard InChI is InChI=1S/C10H12/c1-6-4-9-7(2)10(5-6)8(9)3/h4,8,10H,1-2,5H2,3H3. The third kappa shape index (κ3) is 0.518. The molecule has 2 unspecified atom stereocenters. The third-order valence-corrected chi connectivity index (χ3v) is 2.75. The maximum Gasteiger partial charge on any atom is -0.00584 e. The summed E-state index contributed by atoms with van der Waals surface area (Å²) < 4.78 is 0. The summed E-state index contributed by atoms with van der Waals surface area (Å²) in [7, 11) is 0. The fourth-order valence-electron chi connectivity index (χ4n) is 2.01. The van der Waals surface area contributed by atoms with Crippen molar-refractivity contribution in [2.24, 2.45) is 11.8 Å². The van der Waals surface area contributed by atoms with Gasteiger partial charge >= 0.3 is 0 Å². The average molecular weight is 132 g/mol. The second-order valence-electron chi connectivity index (χ2n) is 3.38. The molecule has 2 bridgehead atoms. The van der Waals surface area contributed by atoms with Gasteiger partial charge in [-0.05, 0) is 29.4 Å². The minimum atomic E-state index is 0.729. The minimum absolute atomic E-state index is 0.729. The first-order valence-electron chi connectivity index (χ1n) is 3.78. The lowest BCUT2D eigenvalue weighted by Crippen LogP contribution is -2.32. The molecule has 0 aromatic heterocycles. The van der Waals surface area contributed by atoms with E-state index >= 15 is 0 Å². The van der Waals surface area contributed by atoms with E-state index in [9.17, 15) is 0 Å². The Kier molecular flexibility index (Phi) is 0.971. The number of rotatable bonds is 0. The Bertz CT molecular complexity index is 243. The van der Waals surface area contributed by atoms with E-state index in [1.54, 1.807) is 0 Å². The van der Waals surface area contributed by atoms with Crippen LogP contribution in [0.15, 0.2) is 36.0 Å². The highest BCUT2D eigenvalue weighted by Crippen LogP contribution is 2.51. The van der Waals surface area contributed by atoms with Crippen LogP contribution in [-0.4, -0.2) is 0 Å². The Hall–Kier alpha value is -0.780. The van der Waals surface area contributed by atoms with Crippen molar-refractivity contribution in [3.63, 3.8) is 0 Å². The highest BCUT2D eigenvalue weighted by Gasteiger charge is 2.39. The zero-order valence-electron chi connectivity index (χ0n) is 6.35. The molecule has 0 aromatic rings. The van der Waals surface area contributed by atoms with Crippen molar-refractivity contribution in [3.05, 3.63) is 36.0 Å². The van der Waals surface area contributed by atoms with Crippen LogP contribution in [0.25, 0.3) is 0 Å². The van der Waals surface area contributed by atoms with Crippen LogP contribution in [0.5, 0.6) is 0 Å². The van der Waals surface area contributed by atoms with Crippen LogP contribution in [0, 0.1) is 11.8 Å². The molecule has 0 nitrogen and oxygen atoms in total. The van der Waals surface area contributed by atoms with Crippen molar-refractivity contribution < 1.29 is 0 Å². The van der Waals surface area contributed by atoms with Crippen LogP contribution in [0.4, 0.5) is 0 Å². The Balaban J connectivity index is 2.42. The van der Waals surface area contributed by atoms with Gasteiger partial charge in [-0.3, -0.25) is 0 Å². The molecule has 0 heterocycles. The van der Waals surface area contributed by atoms with Gasteiger partial charge < -0.3 is 0 Å².